The number of esters is 1. The number of methoxy groups -OCH3 is 1. The zero-order chi connectivity index (χ0) is 24.3. The molecule has 3 aliphatic carbocycles. The van der Waals surface area contributed by atoms with Gasteiger partial charge >= 0.3 is 5.97 Å². The van der Waals surface area contributed by atoms with Crippen molar-refractivity contribution >= 4 is 14.3 Å². The molecule has 5 nitrogen and oxygen atoms in total. The standard InChI is InChI=1S/C27H48O5Si/c1-24(2,3)33(7,8)32-22-10-9-20-19-11-16-27(30-17-18-31-27)26(5,15-13-23(28)29-6)21(19)12-14-25(20,22)4/h19-22H,9-18H2,1-8H3/t19-,20-,21-,22-,25-,26+/m0/s1. The molecule has 1 spiro atoms. The molecular formula is C27H48O5Si. The first kappa shape index (κ1) is 25.7. The van der Waals surface area contributed by atoms with Crippen LogP contribution < -0.4 is 0 Å². The quantitative estimate of drug-likeness (QED) is 0.341. The molecule has 0 aromatic heterocycles. The summed E-state index contributed by atoms with van der Waals surface area (Å²) in [5, 5.41) is 0.236. The third-order valence-corrected chi connectivity index (χ3v) is 15.4. The Kier molecular flexibility index (Phi) is 6.68. The van der Waals surface area contributed by atoms with Crippen LogP contribution in [0.1, 0.15) is 86.0 Å². The van der Waals surface area contributed by atoms with E-state index in [1.165, 1.54) is 32.8 Å². The second kappa shape index (κ2) is 8.60. The van der Waals surface area contributed by atoms with E-state index in [4.69, 9.17) is 18.6 Å². The maximum absolute atomic E-state index is 12.1. The highest BCUT2D eigenvalue weighted by Gasteiger charge is 2.66. The van der Waals surface area contributed by atoms with Crippen LogP contribution in [-0.4, -0.2) is 46.5 Å². The average molecular weight is 481 g/mol. The topological polar surface area (TPSA) is 54.0 Å². The second-order valence-corrected chi connectivity index (χ2v) is 18.1. The maximum atomic E-state index is 12.1. The van der Waals surface area contributed by atoms with E-state index in [0.29, 0.717) is 43.5 Å². The summed E-state index contributed by atoms with van der Waals surface area (Å²) in [6, 6.07) is 0. The zero-order valence-corrected chi connectivity index (χ0v) is 23.4. The van der Waals surface area contributed by atoms with Crippen LogP contribution in [0.15, 0.2) is 0 Å². The summed E-state index contributed by atoms with van der Waals surface area (Å²) >= 11 is 0. The molecule has 0 aromatic rings. The summed E-state index contributed by atoms with van der Waals surface area (Å²) in [6.07, 6.45) is 8.49. The van der Waals surface area contributed by atoms with Crippen molar-refractivity contribution in [1.29, 1.82) is 0 Å². The summed E-state index contributed by atoms with van der Waals surface area (Å²) < 4.78 is 24.9. The lowest BCUT2D eigenvalue weighted by atomic mass is 9.47. The van der Waals surface area contributed by atoms with Gasteiger partial charge in [0, 0.05) is 18.3 Å². The Morgan fingerprint density at radius 3 is 2.27 bits per heavy atom. The maximum Gasteiger partial charge on any atom is 0.305 e. The minimum atomic E-state index is -1.81. The minimum Gasteiger partial charge on any atom is -0.469 e. The SMILES string of the molecule is COC(=O)CC[C@]1(C)[C@H]2CC[C@]3(C)[C@@H](O[Si](C)(C)C(C)(C)C)CC[C@H]3[C@@H]2CCC12OCCO2. The van der Waals surface area contributed by atoms with Crippen molar-refractivity contribution in [3.05, 3.63) is 0 Å². The van der Waals surface area contributed by atoms with Gasteiger partial charge in [-0.25, -0.2) is 0 Å². The van der Waals surface area contributed by atoms with Crippen molar-refractivity contribution in [1.82, 2.24) is 0 Å². The molecule has 4 aliphatic rings. The second-order valence-electron chi connectivity index (χ2n) is 13.3. The first-order valence-corrected chi connectivity index (χ1v) is 16.2. The fraction of sp³-hybridized carbons (Fsp3) is 0.963. The van der Waals surface area contributed by atoms with Gasteiger partial charge < -0.3 is 18.6 Å². The highest BCUT2D eigenvalue weighted by molar-refractivity contribution is 6.74. The third-order valence-electron chi connectivity index (χ3n) is 10.9. The molecule has 6 heteroatoms. The first-order valence-electron chi connectivity index (χ1n) is 13.3. The summed E-state index contributed by atoms with van der Waals surface area (Å²) in [4.78, 5) is 12.1. The van der Waals surface area contributed by atoms with Crippen molar-refractivity contribution in [2.24, 2.45) is 28.6 Å². The minimum absolute atomic E-state index is 0.129. The Bertz CT molecular complexity index is 739. The van der Waals surface area contributed by atoms with Crippen LogP contribution in [0, 0.1) is 28.6 Å². The van der Waals surface area contributed by atoms with Gasteiger partial charge in [0.15, 0.2) is 14.1 Å². The van der Waals surface area contributed by atoms with Crippen LogP contribution in [0.4, 0.5) is 0 Å². The molecule has 1 saturated heterocycles. The number of fused-ring (bicyclic) bond motifs is 3. The molecule has 1 aliphatic heterocycles. The molecule has 0 bridgehead atoms. The third kappa shape index (κ3) is 4.05. The lowest BCUT2D eigenvalue weighted by Crippen LogP contribution is -2.61. The normalized spacial score (nSPS) is 40.5. The van der Waals surface area contributed by atoms with E-state index >= 15 is 0 Å². The van der Waals surface area contributed by atoms with Gasteiger partial charge in [-0.2, -0.15) is 0 Å². The lowest BCUT2D eigenvalue weighted by molar-refractivity contribution is -0.292. The van der Waals surface area contributed by atoms with Crippen molar-refractivity contribution in [2.45, 2.75) is 116 Å². The summed E-state index contributed by atoms with van der Waals surface area (Å²) in [5.41, 5.74) is 0.0855. The lowest BCUT2D eigenvalue weighted by Gasteiger charge is -2.61. The molecule has 33 heavy (non-hydrogen) atoms. The van der Waals surface area contributed by atoms with Gasteiger partial charge in [0.1, 0.15) is 0 Å². The van der Waals surface area contributed by atoms with E-state index in [0.717, 1.165) is 19.3 Å². The Hall–Kier alpha value is -0.433. The van der Waals surface area contributed by atoms with E-state index in [1.807, 2.05) is 0 Å². The summed E-state index contributed by atoms with van der Waals surface area (Å²) in [7, 11) is -0.326. The van der Waals surface area contributed by atoms with E-state index in [9.17, 15) is 4.79 Å². The number of carbonyl (C=O) groups excluding carboxylic acids is 1. The predicted molar refractivity (Wildman–Crippen MR) is 132 cm³/mol. The van der Waals surface area contributed by atoms with Gasteiger partial charge in [-0.3, -0.25) is 4.79 Å². The van der Waals surface area contributed by atoms with Gasteiger partial charge in [-0.1, -0.05) is 34.6 Å². The highest BCUT2D eigenvalue weighted by atomic mass is 28.4. The van der Waals surface area contributed by atoms with Crippen molar-refractivity contribution in [3.8, 4) is 0 Å². The number of carbonyl (C=O) groups is 1. The number of rotatable bonds is 5. The molecule has 0 N–H and O–H groups in total. The molecule has 0 radical (unpaired) electrons. The van der Waals surface area contributed by atoms with E-state index in [2.05, 4.69) is 47.7 Å². The van der Waals surface area contributed by atoms with Crippen LogP contribution in [0.25, 0.3) is 0 Å². The molecule has 3 saturated carbocycles. The van der Waals surface area contributed by atoms with Crippen molar-refractivity contribution in [2.75, 3.05) is 20.3 Å². The Labute approximate surface area is 202 Å². The number of ether oxygens (including phenoxy) is 3. The van der Waals surface area contributed by atoms with Gasteiger partial charge in [-0.15, -0.1) is 0 Å². The first-order chi connectivity index (χ1) is 15.3. The van der Waals surface area contributed by atoms with Gasteiger partial charge in [-0.05, 0) is 79.8 Å². The van der Waals surface area contributed by atoms with Gasteiger partial charge in [0.2, 0.25) is 0 Å². The van der Waals surface area contributed by atoms with Crippen LogP contribution >= 0.6 is 0 Å². The van der Waals surface area contributed by atoms with Gasteiger partial charge in [0.25, 0.3) is 0 Å². The molecule has 190 valence electrons. The summed E-state index contributed by atoms with van der Waals surface area (Å²) in [6.45, 7) is 18.0. The van der Waals surface area contributed by atoms with Crippen molar-refractivity contribution < 1.29 is 23.4 Å². The molecule has 4 fully saturated rings. The van der Waals surface area contributed by atoms with E-state index < -0.39 is 14.1 Å². The molecule has 1 heterocycles. The fourth-order valence-corrected chi connectivity index (χ4v) is 9.30. The van der Waals surface area contributed by atoms with Crippen LogP contribution in [0.3, 0.4) is 0 Å². The molecular weight excluding hydrogens is 432 g/mol. The van der Waals surface area contributed by atoms with E-state index in [-0.39, 0.29) is 21.8 Å². The molecule has 0 amide bonds. The zero-order valence-electron chi connectivity index (χ0n) is 22.4. The molecule has 0 unspecified atom stereocenters. The van der Waals surface area contributed by atoms with Crippen LogP contribution in [-0.2, 0) is 23.4 Å². The Balaban J connectivity index is 1.59. The van der Waals surface area contributed by atoms with E-state index in [1.54, 1.807) is 0 Å². The Morgan fingerprint density at radius 1 is 1.00 bits per heavy atom. The fourth-order valence-electron chi connectivity index (χ4n) is 7.85. The van der Waals surface area contributed by atoms with Crippen LogP contribution in [0.5, 0.6) is 0 Å². The van der Waals surface area contributed by atoms with Crippen LogP contribution in [0.2, 0.25) is 18.1 Å². The highest BCUT2D eigenvalue weighted by Crippen LogP contribution is 2.67. The molecule has 6 atom stereocenters. The molecule has 4 rings (SSSR count). The Morgan fingerprint density at radius 2 is 1.67 bits per heavy atom. The summed E-state index contributed by atoms with van der Waals surface area (Å²) in [5.74, 6) is 1.18. The van der Waals surface area contributed by atoms with Crippen molar-refractivity contribution in [3.63, 3.8) is 0 Å². The number of hydrogen-bond acceptors (Lipinski definition) is 5. The largest absolute Gasteiger partial charge is 0.469 e. The predicted octanol–water partition coefficient (Wildman–Crippen LogP) is 6.32. The van der Waals surface area contributed by atoms with Gasteiger partial charge in [0.05, 0.1) is 26.4 Å². The monoisotopic (exact) mass is 480 g/mol. The smallest absolute Gasteiger partial charge is 0.305 e. The molecule has 0 aromatic carbocycles. The number of hydrogen-bond donors (Lipinski definition) is 0. The average Bonchev–Trinajstić information content (AvgIpc) is 3.34.